The molecular weight excluding hydrogens is 318 g/mol. The number of rotatable bonds is 8. The first-order valence-electron chi connectivity index (χ1n) is 8.13. The van der Waals surface area contributed by atoms with E-state index in [1.807, 2.05) is 12.1 Å². The van der Waals surface area contributed by atoms with Gasteiger partial charge in [0, 0.05) is 30.8 Å². The van der Waals surface area contributed by atoms with Crippen LogP contribution < -0.4 is 21.1 Å². The molecular formula is C19H23N3O3. The van der Waals surface area contributed by atoms with E-state index in [4.69, 9.17) is 10.5 Å². The van der Waals surface area contributed by atoms with Gasteiger partial charge in [-0.05, 0) is 48.4 Å². The lowest BCUT2D eigenvalue weighted by atomic mass is 10.1. The molecule has 0 atom stereocenters. The lowest BCUT2D eigenvalue weighted by Gasteiger charge is -2.08. The van der Waals surface area contributed by atoms with Crippen molar-refractivity contribution in [1.82, 2.24) is 10.6 Å². The van der Waals surface area contributed by atoms with Gasteiger partial charge in [0.25, 0.3) is 11.8 Å². The molecule has 2 amide bonds. The highest BCUT2D eigenvalue weighted by molar-refractivity contribution is 5.94. The third-order valence-electron chi connectivity index (χ3n) is 3.73. The molecule has 2 aromatic rings. The van der Waals surface area contributed by atoms with Crippen molar-refractivity contribution in [3.05, 3.63) is 65.2 Å². The van der Waals surface area contributed by atoms with Crippen LogP contribution in [0.1, 0.15) is 32.7 Å². The predicted molar refractivity (Wildman–Crippen MR) is 96.6 cm³/mol. The highest BCUT2D eigenvalue weighted by Crippen LogP contribution is 2.11. The molecule has 4 N–H and O–H groups in total. The fourth-order valence-corrected chi connectivity index (χ4v) is 2.23. The number of carbonyl (C=O) groups excluding carboxylic acids is 2. The maximum absolute atomic E-state index is 12.0. The second kappa shape index (κ2) is 9.44. The Morgan fingerprint density at radius 2 is 1.36 bits per heavy atom. The second-order valence-corrected chi connectivity index (χ2v) is 5.49. The minimum Gasteiger partial charge on any atom is -0.497 e. The molecule has 0 spiro atoms. The van der Waals surface area contributed by atoms with Crippen LogP contribution in [0.15, 0.2) is 48.5 Å². The fourth-order valence-electron chi connectivity index (χ4n) is 2.23. The zero-order valence-corrected chi connectivity index (χ0v) is 14.2. The average Bonchev–Trinajstić information content (AvgIpc) is 2.67. The molecule has 0 bridgehead atoms. The van der Waals surface area contributed by atoms with Gasteiger partial charge in [-0.2, -0.15) is 0 Å². The summed E-state index contributed by atoms with van der Waals surface area (Å²) >= 11 is 0. The number of nitrogens with one attached hydrogen (secondary N) is 2. The van der Waals surface area contributed by atoms with Crippen LogP contribution >= 0.6 is 0 Å². The molecule has 0 radical (unpaired) electrons. The Morgan fingerprint density at radius 1 is 0.880 bits per heavy atom. The molecule has 0 aliphatic carbocycles. The van der Waals surface area contributed by atoms with Crippen LogP contribution in [0.5, 0.6) is 5.75 Å². The van der Waals surface area contributed by atoms with Gasteiger partial charge in [-0.3, -0.25) is 9.59 Å². The summed E-state index contributed by atoms with van der Waals surface area (Å²) in [5, 5.41) is 5.65. The number of benzene rings is 2. The van der Waals surface area contributed by atoms with Crippen LogP contribution in [-0.2, 0) is 6.54 Å². The van der Waals surface area contributed by atoms with E-state index < -0.39 is 0 Å². The average molecular weight is 341 g/mol. The summed E-state index contributed by atoms with van der Waals surface area (Å²) in [5.41, 5.74) is 7.68. The minimum absolute atomic E-state index is 0.134. The molecule has 2 aromatic carbocycles. The van der Waals surface area contributed by atoms with Gasteiger partial charge in [-0.15, -0.1) is 0 Å². The molecule has 2 rings (SSSR count). The first-order chi connectivity index (χ1) is 12.1. The fraction of sp³-hybridized carbons (Fsp3) is 0.263. The number of ether oxygens (including phenoxy) is 1. The third-order valence-corrected chi connectivity index (χ3v) is 3.73. The molecule has 132 valence electrons. The van der Waals surface area contributed by atoms with Gasteiger partial charge < -0.3 is 21.1 Å². The van der Waals surface area contributed by atoms with Gasteiger partial charge in [-0.25, -0.2) is 0 Å². The van der Waals surface area contributed by atoms with E-state index in [2.05, 4.69) is 10.6 Å². The van der Waals surface area contributed by atoms with Crippen molar-refractivity contribution in [2.24, 2.45) is 5.73 Å². The molecule has 0 heterocycles. The SMILES string of the molecule is COc1ccc(C(=O)NCCCNC(=O)c2ccc(CN)cc2)cc1. The van der Waals surface area contributed by atoms with Crippen molar-refractivity contribution in [3.63, 3.8) is 0 Å². The van der Waals surface area contributed by atoms with Crippen molar-refractivity contribution in [3.8, 4) is 5.75 Å². The largest absolute Gasteiger partial charge is 0.497 e. The van der Waals surface area contributed by atoms with E-state index in [1.165, 1.54) is 0 Å². The Hall–Kier alpha value is -2.86. The first kappa shape index (κ1) is 18.5. The van der Waals surface area contributed by atoms with Crippen molar-refractivity contribution in [2.45, 2.75) is 13.0 Å². The maximum atomic E-state index is 12.0. The van der Waals surface area contributed by atoms with Gasteiger partial charge >= 0.3 is 0 Å². The van der Waals surface area contributed by atoms with E-state index in [1.54, 1.807) is 43.5 Å². The molecule has 0 saturated heterocycles. The highest BCUT2D eigenvalue weighted by Gasteiger charge is 2.06. The second-order valence-electron chi connectivity index (χ2n) is 5.49. The summed E-state index contributed by atoms with van der Waals surface area (Å²) in [6.45, 7) is 1.42. The number of hydrogen-bond donors (Lipinski definition) is 3. The van der Waals surface area contributed by atoms with Crippen LogP contribution in [0, 0.1) is 0 Å². The van der Waals surface area contributed by atoms with Crippen molar-refractivity contribution in [2.75, 3.05) is 20.2 Å². The summed E-state index contributed by atoms with van der Waals surface area (Å²) in [6, 6.07) is 14.1. The Labute approximate surface area is 147 Å². The van der Waals surface area contributed by atoms with Crippen LogP contribution in [-0.4, -0.2) is 32.0 Å². The van der Waals surface area contributed by atoms with Crippen molar-refractivity contribution in [1.29, 1.82) is 0 Å². The molecule has 0 unspecified atom stereocenters. The molecule has 25 heavy (non-hydrogen) atoms. The summed E-state index contributed by atoms with van der Waals surface area (Å²) in [5.74, 6) is 0.426. The summed E-state index contributed by atoms with van der Waals surface area (Å²) < 4.78 is 5.06. The zero-order chi connectivity index (χ0) is 18.1. The van der Waals surface area contributed by atoms with E-state index in [0.717, 1.165) is 5.56 Å². The standard InChI is InChI=1S/C19H23N3O3/c1-25-17-9-7-16(8-10-17)19(24)22-12-2-11-21-18(23)15-5-3-14(13-20)4-6-15/h3-10H,2,11-13,20H2,1H3,(H,21,23)(H,22,24). The summed E-state index contributed by atoms with van der Waals surface area (Å²) in [4.78, 5) is 24.0. The Morgan fingerprint density at radius 3 is 1.80 bits per heavy atom. The van der Waals surface area contributed by atoms with Crippen LogP contribution in [0.4, 0.5) is 0 Å². The summed E-state index contributed by atoms with van der Waals surface area (Å²) in [7, 11) is 1.58. The van der Waals surface area contributed by atoms with Crippen molar-refractivity contribution < 1.29 is 14.3 Å². The van der Waals surface area contributed by atoms with Gasteiger partial charge in [0.15, 0.2) is 0 Å². The number of methoxy groups -OCH3 is 1. The molecule has 0 aliphatic heterocycles. The molecule has 0 aromatic heterocycles. The number of hydrogen-bond acceptors (Lipinski definition) is 4. The quantitative estimate of drug-likeness (QED) is 0.637. The van der Waals surface area contributed by atoms with Gasteiger partial charge in [0.2, 0.25) is 0 Å². The smallest absolute Gasteiger partial charge is 0.251 e. The first-order valence-corrected chi connectivity index (χ1v) is 8.13. The maximum Gasteiger partial charge on any atom is 0.251 e. The van der Waals surface area contributed by atoms with E-state index in [9.17, 15) is 9.59 Å². The number of carbonyl (C=O) groups is 2. The van der Waals surface area contributed by atoms with Crippen LogP contribution in [0.3, 0.4) is 0 Å². The predicted octanol–water partition coefficient (Wildman–Crippen LogP) is 1.70. The monoisotopic (exact) mass is 341 g/mol. The van der Waals surface area contributed by atoms with Gasteiger partial charge in [0.05, 0.1) is 7.11 Å². The normalized spacial score (nSPS) is 10.2. The van der Waals surface area contributed by atoms with E-state index >= 15 is 0 Å². The van der Waals surface area contributed by atoms with E-state index in [-0.39, 0.29) is 11.8 Å². The lowest BCUT2D eigenvalue weighted by Crippen LogP contribution is -2.29. The molecule has 6 heteroatoms. The zero-order valence-electron chi connectivity index (χ0n) is 14.2. The third kappa shape index (κ3) is 5.61. The van der Waals surface area contributed by atoms with Crippen LogP contribution in [0.25, 0.3) is 0 Å². The molecule has 6 nitrogen and oxygen atoms in total. The minimum atomic E-state index is -0.147. The van der Waals surface area contributed by atoms with E-state index in [0.29, 0.717) is 42.9 Å². The Bertz CT molecular complexity index is 635. The number of amides is 2. The van der Waals surface area contributed by atoms with Crippen LogP contribution in [0.2, 0.25) is 0 Å². The Kier molecular flexibility index (Phi) is 6.98. The lowest BCUT2D eigenvalue weighted by molar-refractivity contribution is 0.0952. The molecule has 0 saturated carbocycles. The highest BCUT2D eigenvalue weighted by atomic mass is 16.5. The number of nitrogens with two attached hydrogens (primary N) is 1. The Balaban J connectivity index is 1.68. The molecule has 0 aliphatic rings. The van der Waals surface area contributed by atoms with Gasteiger partial charge in [-0.1, -0.05) is 12.1 Å². The van der Waals surface area contributed by atoms with Crippen molar-refractivity contribution >= 4 is 11.8 Å². The summed E-state index contributed by atoms with van der Waals surface area (Å²) in [6.07, 6.45) is 0.647. The topological polar surface area (TPSA) is 93.5 Å². The molecule has 0 fully saturated rings. The van der Waals surface area contributed by atoms with Gasteiger partial charge in [0.1, 0.15) is 5.75 Å².